The molecule has 0 saturated heterocycles. The summed E-state index contributed by atoms with van der Waals surface area (Å²) in [4.78, 5) is 35.9. The lowest BCUT2D eigenvalue weighted by Crippen LogP contribution is -2.43. The second-order valence-electron chi connectivity index (χ2n) is 5.51. The predicted octanol–water partition coefficient (Wildman–Crippen LogP) is 0.404. The van der Waals surface area contributed by atoms with Crippen molar-refractivity contribution in [1.29, 1.82) is 0 Å². The lowest BCUT2D eigenvalue weighted by atomic mass is 10.1. The predicted molar refractivity (Wildman–Crippen MR) is 84.9 cm³/mol. The van der Waals surface area contributed by atoms with Crippen LogP contribution in [0.15, 0.2) is 24.3 Å². The van der Waals surface area contributed by atoms with Gasteiger partial charge in [-0.15, -0.1) is 0 Å². The molecule has 1 aliphatic rings. The van der Waals surface area contributed by atoms with E-state index in [0.29, 0.717) is 12.0 Å². The molecule has 2 rings (SSSR count). The molecule has 1 atom stereocenters. The number of amides is 3. The standard InChI is InChI=1S/C16H21N3O4/c1-2-10(9-20)17-15(22)16(23)19-13-6-4-3-5-12(13)14(21)18-11-7-8-11/h3-6,10-11,20H,2,7-9H2,1H3,(H,17,22)(H,18,21)(H,19,23)/t10-/m1/s1. The molecule has 124 valence electrons. The summed E-state index contributed by atoms with van der Waals surface area (Å²) in [5.41, 5.74) is 0.595. The molecule has 0 radical (unpaired) electrons. The molecule has 0 aromatic heterocycles. The Kier molecular flexibility index (Phi) is 5.70. The first-order valence-corrected chi connectivity index (χ1v) is 7.67. The monoisotopic (exact) mass is 319 g/mol. The summed E-state index contributed by atoms with van der Waals surface area (Å²) in [6.07, 6.45) is 2.43. The molecule has 23 heavy (non-hydrogen) atoms. The Morgan fingerprint density at radius 3 is 2.52 bits per heavy atom. The number of carbonyl (C=O) groups excluding carboxylic acids is 3. The summed E-state index contributed by atoms with van der Waals surface area (Å²) in [5.74, 6) is -1.99. The highest BCUT2D eigenvalue weighted by Crippen LogP contribution is 2.21. The van der Waals surface area contributed by atoms with Crippen molar-refractivity contribution in [3.8, 4) is 0 Å². The number of aliphatic hydroxyl groups is 1. The number of hydrogen-bond acceptors (Lipinski definition) is 4. The highest BCUT2D eigenvalue weighted by molar-refractivity contribution is 6.40. The largest absolute Gasteiger partial charge is 0.394 e. The highest BCUT2D eigenvalue weighted by Gasteiger charge is 2.25. The van der Waals surface area contributed by atoms with Crippen molar-refractivity contribution in [3.05, 3.63) is 29.8 Å². The van der Waals surface area contributed by atoms with Crippen LogP contribution in [0.1, 0.15) is 36.5 Å². The third kappa shape index (κ3) is 4.79. The smallest absolute Gasteiger partial charge is 0.313 e. The fourth-order valence-electron chi connectivity index (χ4n) is 1.99. The van der Waals surface area contributed by atoms with Crippen LogP contribution >= 0.6 is 0 Å². The van der Waals surface area contributed by atoms with Crippen LogP contribution in [0.5, 0.6) is 0 Å². The maximum absolute atomic E-state index is 12.1. The molecule has 7 heteroatoms. The number of rotatable bonds is 6. The zero-order valence-corrected chi connectivity index (χ0v) is 13.0. The number of para-hydroxylation sites is 1. The Hall–Kier alpha value is -2.41. The molecule has 0 unspecified atom stereocenters. The van der Waals surface area contributed by atoms with Gasteiger partial charge in [0, 0.05) is 6.04 Å². The maximum atomic E-state index is 12.1. The van der Waals surface area contributed by atoms with Gasteiger partial charge in [-0.3, -0.25) is 14.4 Å². The first-order valence-electron chi connectivity index (χ1n) is 7.67. The van der Waals surface area contributed by atoms with E-state index in [9.17, 15) is 14.4 Å². The van der Waals surface area contributed by atoms with Gasteiger partial charge in [0.05, 0.1) is 23.9 Å². The molecule has 1 aromatic carbocycles. The number of carbonyl (C=O) groups is 3. The average molecular weight is 319 g/mol. The van der Waals surface area contributed by atoms with Gasteiger partial charge in [0.15, 0.2) is 0 Å². The summed E-state index contributed by atoms with van der Waals surface area (Å²) in [6.45, 7) is 1.55. The zero-order chi connectivity index (χ0) is 16.8. The number of aliphatic hydroxyl groups excluding tert-OH is 1. The third-order valence-electron chi connectivity index (χ3n) is 3.59. The molecule has 1 aromatic rings. The van der Waals surface area contributed by atoms with Crippen molar-refractivity contribution in [3.63, 3.8) is 0 Å². The van der Waals surface area contributed by atoms with Gasteiger partial charge >= 0.3 is 11.8 Å². The van der Waals surface area contributed by atoms with Crippen molar-refractivity contribution in [1.82, 2.24) is 10.6 Å². The molecule has 3 amide bonds. The Morgan fingerprint density at radius 2 is 1.91 bits per heavy atom. The summed E-state index contributed by atoms with van der Waals surface area (Å²) >= 11 is 0. The molecule has 1 saturated carbocycles. The lowest BCUT2D eigenvalue weighted by molar-refractivity contribution is -0.136. The van der Waals surface area contributed by atoms with Crippen LogP contribution in [0.4, 0.5) is 5.69 Å². The summed E-state index contributed by atoms with van der Waals surface area (Å²) in [7, 11) is 0. The van der Waals surface area contributed by atoms with E-state index in [2.05, 4.69) is 16.0 Å². The number of nitrogens with one attached hydrogen (secondary N) is 3. The first kappa shape index (κ1) is 17.0. The van der Waals surface area contributed by atoms with Crippen LogP contribution in [-0.4, -0.2) is 41.5 Å². The molecule has 0 spiro atoms. The Bertz CT molecular complexity index is 595. The topological polar surface area (TPSA) is 108 Å². The molecule has 7 nitrogen and oxygen atoms in total. The minimum Gasteiger partial charge on any atom is -0.394 e. The Morgan fingerprint density at radius 1 is 1.22 bits per heavy atom. The van der Waals surface area contributed by atoms with Crippen LogP contribution < -0.4 is 16.0 Å². The van der Waals surface area contributed by atoms with E-state index in [0.717, 1.165) is 12.8 Å². The minimum absolute atomic E-state index is 0.199. The van der Waals surface area contributed by atoms with Gasteiger partial charge in [0.1, 0.15) is 0 Å². The second kappa shape index (κ2) is 7.73. The second-order valence-corrected chi connectivity index (χ2v) is 5.51. The highest BCUT2D eigenvalue weighted by atomic mass is 16.3. The molecule has 1 aliphatic carbocycles. The first-order chi connectivity index (χ1) is 11.0. The van der Waals surface area contributed by atoms with E-state index in [1.54, 1.807) is 31.2 Å². The van der Waals surface area contributed by atoms with E-state index in [-0.39, 0.29) is 24.2 Å². The van der Waals surface area contributed by atoms with Gasteiger partial charge in [0.2, 0.25) is 0 Å². The molecule has 0 heterocycles. The molecule has 0 bridgehead atoms. The van der Waals surface area contributed by atoms with Gasteiger partial charge in [-0.05, 0) is 31.4 Å². The van der Waals surface area contributed by atoms with E-state index in [1.165, 1.54) is 0 Å². The van der Waals surface area contributed by atoms with E-state index < -0.39 is 17.9 Å². The van der Waals surface area contributed by atoms with Crippen LogP contribution in [-0.2, 0) is 9.59 Å². The summed E-state index contributed by atoms with van der Waals surface area (Å²) in [5, 5.41) is 16.8. The van der Waals surface area contributed by atoms with Crippen molar-refractivity contribution >= 4 is 23.4 Å². The molecule has 4 N–H and O–H groups in total. The fraction of sp³-hybridized carbons (Fsp3) is 0.438. The molecular formula is C16H21N3O4. The van der Waals surface area contributed by atoms with E-state index >= 15 is 0 Å². The fourth-order valence-corrected chi connectivity index (χ4v) is 1.99. The van der Waals surface area contributed by atoms with Gasteiger partial charge in [0.25, 0.3) is 5.91 Å². The SMILES string of the molecule is CC[C@H](CO)NC(=O)C(=O)Nc1ccccc1C(=O)NC1CC1. The lowest BCUT2D eigenvalue weighted by Gasteiger charge is -2.14. The van der Waals surface area contributed by atoms with Crippen LogP contribution in [0.3, 0.4) is 0 Å². The summed E-state index contributed by atoms with van der Waals surface area (Å²) < 4.78 is 0. The van der Waals surface area contributed by atoms with Crippen molar-refractivity contribution in [2.75, 3.05) is 11.9 Å². The average Bonchev–Trinajstić information content (AvgIpc) is 3.36. The number of anilines is 1. The third-order valence-corrected chi connectivity index (χ3v) is 3.59. The van der Waals surface area contributed by atoms with Gasteiger partial charge in [-0.1, -0.05) is 19.1 Å². The van der Waals surface area contributed by atoms with E-state index in [1.807, 2.05) is 0 Å². The number of hydrogen-bond donors (Lipinski definition) is 4. The van der Waals surface area contributed by atoms with Crippen molar-refractivity contribution in [2.45, 2.75) is 38.3 Å². The normalized spacial score (nSPS) is 14.7. The van der Waals surface area contributed by atoms with Crippen LogP contribution in [0.25, 0.3) is 0 Å². The van der Waals surface area contributed by atoms with Crippen molar-refractivity contribution < 1.29 is 19.5 Å². The van der Waals surface area contributed by atoms with Gasteiger partial charge in [-0.25, -0.2) is 0 Å². The maximum Gasteiger partial charge on any atom is 0.313 e. The molecule has 1 fully saturated rings. The minimum atomic E-state index is -0.872. The molecule has 0 aliphatic heterocycles. The zero-order valence-electron chi connectivity index (χ0n) is 13.0. The number of benzene rings is 1. The molecular weight excluding hydrogens is 298 g/mol. The van der Waals surface area contributed by atoms with E-state index in [4.69, 9.17) is 5.11 Å². The van der Waals surface area contributed by atoms with Crippen molar-refractivity contribution in [2.24, 2.45) is 0 Å². The van der Waals surface area contributed by atoms with Gasteiger partial charge in [-0.2, -0.15) is 0 Å². The van der Waals surface area contributed by atoms with Crippen LogP contribution in [0.2, 0.25) is 0 Å². The van der Waals surface area contributed by atoms with Gasteiger partial charge < -0.3 is 21.1 Å². The summed E-state index contributed by atoms with van der Waals surface area (Å²) in [6, 6.07) is 6.25. The Balaban J connectivity index is 2.02. The van der Waals surface area contributed by atoms with Crippen LogP contribution in [0, 0.1) is 0 Å². The Labute approximate surface area is 134 Å². The quantitative estimate of drug-likeness (QED) is 0.569.